The number of Topliss-reactive ketones (excluding diaryl/α,β-unsaturated/α-hetero) is 1. The summed E-state index contributed by atoms with van der Waals surface area (Å²) in [5.41, 5.74) is 0. The van der Waals surface area contributed by atoms with Crippen LogP contribution in [0, 0.1) is 0 Å². The average Bonchev–Trinajstić information content (AvgIpc) is 2.40. The second kappa shape index (κ2) is 14.4. The highest BCUT2D eigenvalue weighted by Crippen LogP contribution is 1.85. The van der Waals surface area contributed by atoms with Crippen LogP contribution >= 0.6 is 0 Å². The lowest BCUT2D eigenvalue weighted by Crippen LogP contribution is -2.28. The number of carbonyl (C=O) groups is 2. The Hall–Kier alpha value is -1.02. The number of hydrogen-bond acceptors (Lipinski definition) is 6. The largest absolute Gasteiger partial charge is 0.396 e. The van der Waals surface area contributed by atoms with Gasteiger partial charge in [0.2, 0.25) is 5.91 Å². The topological polar surface area (TPSA) is 94.1 Å². The summed E-state index contributed by atoms with van der Waals surface area (Å²) < 4.78 is 15.7. The number of ketones is 1. The first-order chi connectivity index (χ1) is 9.66. The van der Waals surface area contributed by atoms with E-state index in [0.29, 0.717) is 52.6 Å². The minimum absolute atomic E-state index is 0.116. The SMILES string of the molecule is CC(=O)CCOCCOCCOCCNC(=O)CCO. The number of nitrogens with one attached hydrogen (secondary N) is 1. The molecule has 7 heteroatoms. The van der Waals surface area contributed by atoms with E-state index in [4.69, 9.17) is 19.3 Å². The maximum Gasteiger partial charge on any atom is 0.222 e. The fraction of sp³-hybridized carbons (Fsp3) is 0.846. The van der Waals surface area contributed by atoms with Crippen LogP contribution in [0.2, 0.25) is 0 Å². The number of aliphatic hydroxyl groups is 1. The Labute approximate surface area is 119 Å². The first kappa shape index (κ1) is 19.0. The van der Waals surface area contributed by atoms with Gasteiger partial charge >= 0.3 is 0 Å². The summed E-state index contributed by atoms with van der Waals surface area (Å²) in [5, 5.41) is 11.1. The molecule has 0 unspecified atom stereocenters. The first-order valence-corrected chi connectivity index (χ1v) is 6.77. The van der Waals surface area contributed by atoms with E-state index in [9.17, 15) is 9.59 Å². The Balaban J connectivity index is 3.06. The van der Waals surface area contributed by atoms with Crippen LogP contribution in [0.1, 0.15) is 19.8 Å². The van der Waals surface area contributed by atoms with Crippen molar-refractivity contribution < 1.29 is 28.9 Å². The van der Waals surface area contributed by atoms with Crippen LogP contribution in [0.15, 0.2) is 0 Å². The van der Waals surface area contributed by atoms with Crippen molar-refractivity contribution in [2.24, 2.45) is 0 Å². The molecule has 0 radical (unpaired) electrons. The number of aliphatic hydroxyl groups excluding tert-OH is 1. The van der Waals surface area contributed by atoms with Crippen LogP contribution in [0.4, 0.5) is 0 Å². The highest BCUT2D eigenvalue weighted by atomic mass is 16.5. The number of rotatable bonds is 14. The van der Waals surface area contributed by atoms with E-state index in [-0.39, 0.29) is 24.7 Å². The maximum absolute atomic E-state index is 11.0. The Morgan fingerprint density at radius 2 is 1.45 bits per heavy atom. The molecule has 20 heavy (non-hydrogen) atoms. The molecule has 0 saturated carbocycles. The van der Waals surface area contributed by atoms with Crippen molar-refractivity contribution in [1.82, 2.24) is 5.32 Å². The highest BCUT2D eigenvalue weighted by Gasteiger charge is 1.98. The van der Waals surface area contributed by atoms with Gasteiger partial charge in [-0.1, -0.05) is 0 Å². The predicted molar refractivity (Wildman–Crippen MR) is 72.5 cm³/mol. The van der Waals surface area contributed by atoms with Crippen LogP contribution in [0.3, 0.4) is 0 Å². The van der Waals surface area contributed by atoms with Crippen LogP contribution in [0.25, 0.3) is 0 Å². The van der Waals surface area contributed by atoms with Gasteiger partial charge in [0, 0.05) is 19.4 Å². The van der Waals surface area contributed by atoms with Crippen LogP contribution < -0.4 is 5.32 Å². The van der Waals surface area contributed by atoms with E-state index in [2.05, 4.69) is 5.32 Å². The average molecular weight is 291 g/mol. The van der Waals surface area contributed by atoms with Gasteiger partial charge in [-0.05, 0) is 6.92 Å². The Bertz CT molecular complexity index is 259. The van der Waals surface area contributed by atoms with E-state index < -0.39 is 0 Å². The van der Waals surface area contributed by atoms with Crippen molar-refractivity contribution in [3.8, 4) is 0 Å². The summed E-state index contributed by atoms with van der Waals surface area (Å²) in [7, 11) is 0. The zero-order valence-electron chi connectivity index (χ0n) is 12.1. The van der Waals surface area contributed by atoms with Gasteiger partial charge in [0.1, 0.15) is 5.78 Å². The van der Waals surface area contributed by atoms with E-state index in [1.54, 1.807) is 0 Å². The van der Waals surface area contributed by atoms with Gasteiger partial charge in [0.25, 0.3) is 0 Å². The van der Waals surface area contributed by atoms with Gasteiger partial charge in [-0.3, -0.25) is 9.59 Å². The minimum atomic E-state index is -0.185. The number of amides is 1. The molecule has 7 nitrogen and oxygen atoms in total. The third-order valence-electron chi connectivity index (χ3n) is 2.25. The van der Waals surface area contributed by atoms with Crippen LogP contribution in [-0.2, 0) is 23.8 Å². The number of hydrogen-bond donors (Lipinski definition) is 2. The molecule has 0 saturated heterocycles. The molecule has 0 aromatic rings. The molecule has 0 aliphatic heterocycles. The maximum atomic E-state index is 11.0. The molecule has 118 valence electrons. The fourth-order valence-corrected chi connectivity index (χ4v) is 1.21. The van der Waals surface area contributed by atoms with Crippen LogP contribution in [-0.4, -0.2) is 69.6 Å². The van der Waals surface area contributed by atoms with E-state index >= 15 is 0 Å². The van der Waals surface area contributed by atoms with Crippen molar-refractivity contribution >= 4 is 11.7 Å². The zero-order valence-corrected chi connectivity index (χ0v) is 12.1. The van der Waals surface area contributed by atoms with Gasteiger partial charge in [0.15, 0.2) is 0 Å². The lowest BCUT2D eigenvalue weighted by Gasteiger charge is -2.07. The molecule has 0 aromatic carbocycles. The van der Waals surface area contributed by atoms with Gasteiger partial charge < -0.3 is 24.6 Å². The summed E-state index contributed by atoms with van der Waals surface area (Å²) >= 11 is 0. The molecular weight excluding hydrogens is 266 g/mol. The monoisotopic (exact) mass is 291 g/mol. The Morgan fingerprint density at radius 1 is 0.900 bits per heavy atom. The van der Waals surface area contributed by atoms with Gasteiger partial charge in [-0.2, -0.15) is 0 Å². The molecule has 0 atom stereocenters. The predicted octanol–water partition coefficient (Wildman–Crippen LogP) is -0.486. The van der Waals surface area contributed by atoms with E-state index in [1.165, 1.54) is 6.92 Å². The molecule has 0 heterocycles. The van der Waals surface area contributed by atoms with Crippen molar-refractivity contribution in [3.63, 3.8) is 0 Å². The van der Waals surface area contributed by atoms with E-state index in [0.717, 1.165) is 0 Å². The lowest BCUT2D eigenvalue weighted by atomic mass is 10.3. The van der Waals surface area contributed by atoms with Crippen LogP contribution in [0.5, 0.6) is 0 Å². The van der Waals surface area contributed by atoms with Crippen molar-refractivity contribution in [2.75, 3.05) is 52.8 Å². The van der Waals surface area contributed by atoms with E-state index in [1.807, 2.05) is 0 Å². The zero-order chi connectivity index (χ0) is 15.1. The second-order valence-electron chi connectivity index (χ2n) is 4.11. The standard InChI is InChI=1S/C13H25NO6/c1-12(16)3-6-18-8-10-20-11-9-19-7-4-14-13(17)2-5-15/h15H,2-11H2,1H3,(H,14,17). The smallest absolute Gasteiger partial charge is 0.222 e. The Morgan fingerprint density at radius 3 is 2.00 bits per heavy atom. The molecular formula is C13H25NO6. The molecule has 0 rings (SSSR count). The highest BCUT2D eigenvalue weighted by molar-refractivity contribution is 5.76. The molecule has 0 aliphatic rings. The van der Waals surface area contributed by atoms with Crippen molar-refractivity contribution in [1.29, 1.82) is 0 Å². The molecule has 0 aromatic heterocycles. The van der Waals surface area contributed by atoms with Gasteiger partial charge in [0.05, 0.1) is 46.2 Å². The summed E-state index contributed by atoms with van der Waals surface area (Å²) in [4.78, 5) is 21.6. The molecule has 0 spiro atoms. The van der Waals surface area contributed by atoms with Crippen molar-refractivity contribution in [3.05, 3.63) is 0 Å². The lowest BCUT2D eigenvalue weighted by molar-refractivity contribution is -0.122. The van der Waals surface area contributed by atoms with Gasteiger partial charge in [-0.15, -0.1) is 0 Å². The summed E-state index contributed by atoms with van der Waals surface area (Å²) in [6.07, 6.45) is 0.553. The Kier molecular flexibility index (Phi) is 13.7. The number of ether oxygens (including phenoxy) is 3. The normalized spacial score (nSPS) is 10.5. The van der Waals surface area contributed by atoms with Crippen molar-refractivity contribution in [2.45, 2.75) is 19.8 Å². The number of carbonyl (C=O) groups excluding carboxylic acids is 2. The summed E-state index contributed by atoms with van der Waals surface area (Å²) in [6.45, 7) is 4.49. The fourth-order valence-electron chi connectivity index (χ4n) is 1.21. The first-order valence-electron chi connectivity index (χ1n) is 6.77. The molecule has 0 aliphatic carbocycles. The van der Waals surface area contributed by atoms with Gasteiger partial charge in [-0.25, -0.2) is 0 Å². The molecule has 0 bridgehead atoms. The third kappa shape index (κ3) is 15.0. The third-order valence-corrected chi connectivity index (χ3v) is 2.25. The molecule has 2 N–H and O–H groups in total. The summed E-state index contributed by atoms with van der Waals surface area (Å²) in [5.74, 6) is -0.0690. The quantitative estimate of drug-likeness (QED) is 0.420. The second-order valence-corrected chi connectivity index (χ2v) is 4.11. The minimum Gasteiger partial charge on any atom is -0.396 e. The molecule has 0 fully saturated rings. The molecule has 1 amide bonds. The summed E-state index contributed by atoms with van der Waals surface area (Å²) in [6, 6.07) is 0.